The van der Waals surface area contributed by atoms with Crippen LogP contribution in [0.4, 0.5) is 0 Å². The summed E-state index contributed by atoms with van der Waals surface area (Å²) in [6, 6.07) is -1.01. The molecular weight excluding hydrogens is 378 g/mol. The van der Waals surface area contributed by atoms with Gasteiger partial charge in [0.1, 0.15) is 17.6 Å². The molecule has 150 valence electrons. The normalized spacial score (nSPS) is 24.4. The summed E-state index contributed by atoms with van der Waals surface area (Å²) in [5, 5.41) is 9.92. The number of esters is 2. The van der Waals surface area contributed by atoms with Crippen LogP contribution in [0.2, 0.25) is 0 Å². The first-order valence-corrected chi connectivity index (χ1v) is 9.29. The van der Waals surface area contributed by atoms with E-state index in [1.165, 1.54) is 23.8 Å². The first-order chi connectivity index (χ1) is 12.5. The van der Waals surface area contributed by atoms with E-state index in [2.05, 4.69) is 0 Å². The Balaban J connectivity index is 2.13. The Morgan fingerprint density at radius 3 is 2.48 bits per heavy atom. The number of carboxylic acids is 1. The van der Waals surface area contributed by atoms with Gasteiger partial charge in [-0.25, -0.2) is 4.79 Å². The summed E-state index contributed by atoms with van der Waals surface area (Å²) in [5.74, 6) is -2.76. The average Bonchev–Trinajstić information content (AvgIpc) is 2.56. The molecule has 1 saturated heterocycles. The van der Waals surface area contributed by atoms with E-state index in [0.717, 1.165) is 0 Å². The second kappa shape index (κ2) is 8.30. The van der Waals surface area contributed by atoms with Gasteiger partial charge in [-0.15, -0.1) is 11.8 Å². The molecule has 0 aromatic carbocycles. The van der Waals surface area contributed by atoms with E-state index in [4.69, 9.17) is 19.3 Å². The molecule has 2 aliphatic heterocycles. The summed E-state index contributed by atoms with van der Waals surface area (Å²) < 4.78 is 15.6. The zero-order valence-electron chi connectivity index (χ0n) is 15.6. The van der Waals surface area contributed by atoms with Crippen LogP contribution in [0.15, 0.2) is 11.0 Å². The van der Waals surface area contributed by atoms with Gasteiger partial charge in [-0.3, -0.25) is 14.4 Å². The molecule has 0 aliphatic carbocycles. The minimum Gasteiger partial charge on any atom is -0.481 e. The van der Waals surface area contributed by atoms with Crippen LogP contribution >= 0.6 is 11.8 Å². The SMILES string of the molecule is COC1C(=O)N2C(C(=O)OC(C)(C)C)C(COC(=O)CCC(=O)O)=CSC12. The lowest BCUT2D eigenvalue weighted by Gasteiger charge is -2.51. The molecule has 9 nitrogen and oxygen atoms in total. The zero-order valence-corrected chi connectivity index (χ0v) is 16.4. The van der Waals surface area contributed by atoms with Crippen LogP contribution in [0.5, 0.6) is 0 Å². The number of methoxy groups -OCH3 is 1. The van der Waals surface area contributed by atoms with Crippen LogP contribution in [0.1, 0.15) is 33.6 Å². The van der Waals surface area contributed by atoms with Gasteiger partial charge in [0.25, 0.3) is 5.91 Å². The number of amides is 1. The fourth-order valence-electron chi connectivity index (χ4n) is 2.67. The number of nitrogens with zero attached hydrogens (tertiary/aromatic N) is 1. The van der Waals surface area contributed by atoms with E-state index in [0.29, 0.717) is 5.57 Å². The van der Waals surface area contributed by atoms with Crippen molar-refractivity contribution in [3.63, 3.8) is 0 Å². The molecule has 10 heteroatoms. The number of β-lactam (4-membered cyclic amide) rings is 1. The van der Waals surface area contributed by atoms with Crippen molar-refractivity contribution in [3.8, 4) is 0 Å². The number of fused-ring (bicyclic) bond motifs is 1. The van der Waals surface area contributed by atoms with Gasteiger partial charge in [-0.1, -0.05) is 0 Å². The van der Waals surface area contributed by atoms with E-state index in [1.54, 1.807) is 26.2 Å². The molecule has 2 rings (SSSR count). The predicted molar refractivity (Wildman–Crippen MR) is 94.6 cm³/mol. The van der Waals surface area contributed by atoms with Gasteiger partial charge in [0.2, 0.25) is 0 Å². The smallest absolute Gasteiger partial charge is 0.333 e. The molecule has 1 amide bonds. The predicted octanol–water partition coefficient (Wildman–Crippen LogP) is 0.919. The van der Waals surface area contributed by atoms with Crippen molar-refractivity contribution < 1.29 is 38.5 Å². The van der Waals surface area contributed by atoms with Crippen molar-refractivity contribution in [2.45, 2.75) is 56.7 Å². The fraction of sp³-hybridized carbons (Fsp3) is 0.647. The molecule has 1 fully saturated rings. The topological polar surface area (TPSA) is 119 Å². The van der Waals surface area contributed by atoms with Crippen molar-refractivity contribution >= 4 is 35.6 Å². The Hall–Kier alpha value is -2.07. The molecule has 27 heavy (non-hydrogen) atoms. The number of rotatable bonds is 7. The molecule has 0 saturated carbocycles. The number of carbonyl (C=O) groups is 4. The lowest BCUT2D eigenvalue weighted by Crippen LogP contribution is -2.70. The Kier molecular flexibility index (Phi) is 6.53. The van der Waals surface area contributed by atoms with Crippen LogP contribution < -0.4 is 0 Å². The maximum Gasteiger partial charge on any atom is 0.333 e. The van der Waals surface area contributed by atoms with Crippen molar-refractivity contribution in [1.29, 1.82) is 0 Å². The summed E-state index contributed by atoms with van der Waals surface area (Å²) in [6.07, 6.45) is -1.26. The molecule has 0 spiro atoms. The highest BCUT2D eigenvalue weighted by Gasteiger charge is 2.56. The minimum absolute atomic E-state index is 0.233. The summed E-state index contributed by atoms with van der Waals surface area (Å²) in [4.78, 5) is 48.6. The van der Waals surface area contributed by atoms with Gasteiger partial charge >= 0.3 is 17.9 Å². The molecule has 0 radical (unpaired) electrons. The molecule has 3 unspecified atom stereocenters. The number of ether oxygens (including phenoxy) is 3. The Bertz CT molecular complexity index is 668. The fourth-order valence-corrected chi connectivity index (χ4v) is 3.91. The third kappa shape index (κ3) is 5.01. The summed E-state index contributed by atoms with van der Waals surface area (Å²) in [7, 11) is 1.42. The number of carboxylic acid groups (broad SMARTS) is 1. The largest absolute Gasteiger partial charge is 0.481 e. The second-order valence-corrected chi connectivity index (χ2v) is 8.10. The molecule has 0 bridgehead atoms. The number of thioether (sulfide) groups is 1. The highest BCUT2D eigenvalue weighted by molar-refractivity contribution is 8.02. The van der Waals surface area contributed by atoms with Gasteiger partial charge < -0.3 is 24.2 Å². The van der Waals surface area contributed by atoms with Crippen molar-refractivity contribution in [2.75, 3.05) is 13.7 Å². The maximum atomic E-state index is 12.7. The van der Waals surface area contributed by atoms with Crippen LogP contribution in [0, 0.1) is 0 Å². The molecule has 2 aliphatic rings. The van der Waals surface area contributed by atoms with E-state index in [9.17, 15) is 19.2 Å². The summed E-state index contributed by atoms with van der Waals surface area (Å²) in [6.45, 7) is 4.91. The number of aliphatic carboxylic acids is 1. The standard InChI is InChI=1S/C17H23NO8S/c1-17(2,3)26-16(23)12-9(7-25-11(21)6-5-10(19)20)8-27-15-13(24-4)14(22)18(12)15/h8,12-13,15H,5-7H2,1-4H3,(H,19,20). The monoisotopic (exact) mass is 401 g/mol. The van der Waals surface area contributed by atoms with Crippen LogP contribution in [0.25, 0.3) is 0 Å². The lowest BCUT2D eigenvalue weighted by atomic mass is 9.99. The van der Waals surface area contributed by atoms with E-state index in [1.807, 2.05) is 0 Å². The molecular formula is C17H23NO8S. The molecule has 2 heterocycles. The Morgan fingerprint density at radius 1 is 1.26 bits per heavy atom. The van der Waals surface area contributed by atoms with Gasteiger partial charge in [0.05, 0.1) is 12.8 Å². The zero-order chi connectivity index (χ0) is 20.4. The minimum atomic E-state index is -1.11. The number of carbonyl (C=O) groups excluding carboxylic acids is 3. The first-order valence-electron chi connectivity index (χ1n) is 8.35. The summed E-state index contributed by atoms with van der Waals surface area (Å²) >= 11 is 1.29. The summed E-state index contributed by atoms with van der Waals surface area (Å²) in [5.41, 5.74) is -0.355. The van der Waals surface area contributed by atoms with Gasteiger partial charge in [0.15, 0.2) is 12.1 Å². The number of hydrogen-bond acceptors (Lipinski definition) is 8. The quantitative estimate of drug-likeness (QED) is 0.490. The highest BCUT2D eigenvalue weighted by atomic mass is 32.2. The molecule has 0 aromatic rings. The molecule has 0 aromatic heterocycles. The van der Waals surface area contributed by atoms with E-state index < -0.39 is 35.7 Å². The molecule has 1 N–H and O–H groups in total. The lowest BCUT2D eigenvalue weighted by molar-refractivity contribution is -0.179. The third-order valence-corrected chi connectivity index (χ3v) is 5.04. The van der Waals surface area contributed by atoms with Crippen molar-refractivity contribution in [1.82, 2.24) is 4.90 Å². The number of hydrogen-bond donors (Lipinski definition) is 1. The van der Waals surface area contributed by atoms with Gasteiger partial charge in [0, 0.05) is 12.7 Å². The molecule has 3 atom stereocenters. The van der Waals surface area contributed by atoms with Crippen molar-refractivity contribution in [2.24, 2.45) is 0 Å². The van der Waals surface area contributed by atoms with Gasteiger partial charge in [-0.05, 0) is 26.2 Å². The maximum absolute atomic E-state index is 12.7. The second-order valence-electron chi connectivity index (χ2n) is 7.11. The highest BCUT2D eigenvalue weighted by Crippen LogP contribution is 2.41. The Labute approximate surface area is 161 Å². The third-order valence-electron chi connectivity index (χ3n) is 3.85. The van der Waals surface area contributed by atoms with Crippen LogP contribution in [-0.2, 0) is 33.4 Å². The van der Waals surface area contributed by atoms with E-state index >= 15 is 0 Å². The average molecular weight is 401 g/mol. The van der Waals surface area contributed by atoms with Gasteiger partial charge in [-0.2, -0.15) is 0 Å². The van der Waals surface area contributed by atoms with Crippen LogP contribution in [-0.4, -0.2) is 70.7 Å². The Morgan fingerprint density at radius 2 is 1.93 bits per heavy atom. The van der Waals surface area contributed by atoms with E-state index in [-0.39, 0.29) is 30.7 Å². The van der Waals surface area contributed by atoms with Crippen molar-refractivity contribution in [3.05, 3.63) is 11.0 Å². The van der Waals surface area contributed by atoms with Crippen LogP contribution in [0.3, 0.4) is 0 Å². The first kappa shape index (κ1) is 21.2.